The Hall–Kier alpha value is -2.29. The molecule has 3 nitrogen and oxygen atoms in total. The standard InChI is InChI=1S/C20H25NO2/c1-15-7-9-18(10-8-15)11-12-20(22)21-13-14-23-19-6-4-5-16(2)17(19)3/h4-10H,11-14H2,1-3H3,(H,21,22). The average Bonchev–Trinajstić information content (AvgIpc) is 2.55. The number of hydrogen-bond acceptors (Lipinski definition) is 2. The maximum atomic E-state index is 11.8. The van der Waals surface area contributed by atoms with Gasteiger partial charge in [0, 0.05) is 6.42 Å². The third kappa shape index (κ3) is 5.44. The highest BCUT2D eigenvalue weighted by molar-refractivity contribution is 5.76. The van der Waals surface area contributed by atoms with Crippen molar-refractivity contribution in [2.45, 2.75) is 33.6 Å². The summed E-state index contributed by atoms with van der Waals surface area (Å²) in [7, 11) is 0. The first-order valence-electron chi connectivity index (χ1n) is 8.07. The molecule has 0 fully saturated rings. The number of rotatable bonds is 7. The van der Waals surface area contributed by atoms with Gasteiger partial charge in [-0.3, -0.25) is 4.79 Å². The van der Waals surface area contributed by atoms with E-state index in [0.717, 1.165) is 17.7 Å². The first-order valence-corrected chi connectivity index (χ1v) is 8.07. The summed E-state index contributed by atoms with van der Waals surface area (Å²) < 4.78 is 5.73. The molecule has 0 aliphatic heterocycles. The molecule has 2 aromatic rings. The van der Waals surface area contributed by atoms with Crippen molar-refractivity contribution in [3.05, 3.63) is 64.7 Å². The Morgan fingerprint density at radius 1 is 1.04 bits per heavy atom. The van der Waals surface area contributed by atoms with Gasteiger partial charge in [-0.05, 0) is 49.9 Å². The highest BCUT2D eigenvalue weighted by atomic mass is 16.5. The summed E-state index contributed by atoms with van der Waals surface area (Å²) in [5.41, 5.74) is 4.79. The molecule has 0 radical (unpaired) electrons. The second-order valence-electron chi connectivity index (χ2n) is 5.88. The molecular formula is C20H25NO2. The zero-order valence-electron chi connectivity index (χ0n) is 14.2. The van der Waals surface area contributed by atoms with E-state index in [1.54, 1.807) is 0 Å². The zero-order chi connectivity index (χ0) is 16.7. The SMILES string of the molecule is Cc1ccc(CCC(=O)NCCOc2cccc(C)c2C)cc1. The van der Waals surface area contributed by atoms with Crippen molar-refractivity contribution in [2.24, 2.45) is 0 Å². The lowest BCUT2D eigenvalue weighted by Crippen LogP contribution is -2.28. The van der Waals surface area contributed by atoms with Gasteiger partial charge >= 0.3 is 0 Å². The predicted octanol–water partition coefficient (Wildman–Crippen LogP) is 3.74. The van der Waals surface area contributed by atoms with E-state index >= 15 is 0 Å². The predicted molar refractivity (Wildman–Crippen MR) is 93.9 cm³/mol. The van der Waals surface area contributed by atoms with Crippen LogP contribution in [-0.4, -0.2) is 19.1 Å². The van der Waals surface area contributed by atoms with Crippen LogP contribution in [0.25, 0.3) is 0 Å². The van der Waals surface area contributed by atoms with Gasteiger partial charge in [0.05, 0.1) is 6.54 Å². The Balaban J connectivity index is 1.67. The van der Waals surface area contributed by atoms with Crippen LogP contribution in [0.1, 0.15) is 28.7 Å². The molecule has 1 amide bonds. The summed E-state index contributed by atoms with van der Waals surface area (Å²) in [6, 6.07) is 14.3. The van der Waals surface area contributed by atoms with E-state index in [9.17, 15) is 4.79 Å². The Morgan fingerprint density at radius 3 is 2.52 bits per heavy atom. The number of benzene rings is 2. The molecule has 2 rings (SSSR count). The monoisotopic (exact) mass is 311 g/mol. The molecule has 122 valence electrons. The van der Waals surface area contributed by atoms with E-state index in [1.807, 2.05) is 19.1 Å². The zero-order valence-corrected chi connectivity index (χ0v) is 14.2. The molecule has 3 heteroatoms. The van der Waals surface area contributed by atoms with Gasteiger partial charge in [0.15, 0.2) is 0 Å². The van der Waals surface area contributed by atoms with Gasteiger partial charge in [0.1, 0.15) is 12.4 Å². The van der Waals surface area contributed by atoms with Crippen LogP contribution in [-0.2, 0) is 11.2 Å². The van der Waals surface area contributed by atoms with Crippen molar-refractivity contribution < 1.29 is 9.53 Å². The van der Waals surface area contributed by atoms with E-state index in [4.69, 9.17) is 4.74 Å². The van der Waals surface area contributed by atoms with Gasteiger partial charge in [0.25, 0.3) is 0 Å². The second-order valence-corrected chi connectivity index (χ2v) is 5.88. The molecule has 0 heterocycles. The van der Waals surface area contributed by atoms with Gasteiger partial charge < -0.3 is 10.1 Å². The minimum absolute atomic E-state index is 0.0649. The molecule has 0 spiro atoms. The van der Waals surface area contributed by atoms with Crippen LogP contribution in [0.5, 0.6) is 5.75 Å². The summed E-state index contributed by atoms with van der Waals surface area (Å²) in [5.74, 6) is 0.953. The normalized spacial score (nSPS) is 10.4. The van der Waals surface area contributed by atoms with Crippen molar-refractivity contribution in [3.63, 3.8) is 0 Å². The number of nitrogens with one attached hydrogen (secondary N) is 1. The fourth-order valence-electron chi connectivity index (χ4n) is 2.33. The largest absolute Gasteiger partial charge is 0.491 e. The first-order chi connectivity index (χ1) is 11.1. The number of carbonyl (C=O) groups is 1. The summed E-state index contributed by atoms with van der Waals surface area (Å²) in [4.78, 5) is 11.8. The molecule has 1 N–H and O–H groups in total. The van der Waals surface area contributed by atoms with E-state index < -0.39 is 0 Å². The van der Waals surface area contributed by atoms with E-state index in [1.165, 1.54) is 16.7 Å². The molecule has 0 aromatic heterocycles. The maximum absolute atomic E-state index is 11.8. The summed E-state index contributed by atoms with van der Waals surface area (Å²) >= 11 is 0. The fraction of sp³-hybridized carbons (Fsp3) is 0.350. The number of aryl methyl sites for hydroxylation is 3. The molecular weight excluding hydrogens is 286 g/mol. The Morgan fingerprint density at radius 2 is 1.78 bits per heavy atom. The lowest BCUT2D eigenvalue weighted by Gasteiger charge is -2.11. The summed E-state index contributed by atoms with van der Waals surface area (Å²) in [5, 5.41) is 2.90. The van der Waals surface area contributed by atoms with Crippen LogP contribution in [0, 0.1) is 20.8 Å². The number of hydrogen-bond donors (Lipinski definition) is 1. The van der Waals surface area contributed by atoms with E-state index in [0.29, 0.717) is 19.6 Å². The molecule has 23 heavy (non-hydrogen) atoms. The summed E-state index contributed by atoms with van der Waals surface area (Å²) in [6.45, 7) is 7.19. The van der Waals surface area contributed by atoms with Crippen LogP contribution in [0.15, 0.2) is 42.5 Å². The minimum Gasteiger partial charge on any atom is -0.491 e. The summed E-state index contributed by atoms with van der Waals surface area (Å²) in [6.07, 6.45) is 1.27. The number of carbonyl (C=O) groups excluding carboxylic acids is 1. The van der Waals surface area contributed by atoms with Crippen molar-refractivity contribution in [3.8, 4) is 5.75 Å². The van der Waals surface area contributed by atoms with Crippen molar-refractivity contribution >= 4 is 5.91 Å². The van der Waals surface area contributed by atoms with Crippen LogP contribution >= 0.6 is 0 Å². The number of amides is 1. The van der Waals surface area contributed by atoms with Crippen LogP contribution in [0.3, 0.4) is 0 Å². The van der Waals surface area contributed by atoms with Gasteiger partial charge in [-0.2, -0.15) is 0 Å². The van der Waals surface area contributed by atoms with Crippen molar-refractivity contribution in [1.82, 2.24) is 5.32 Å². The van der Waals surface area contributed by atoms with Crippen LogP contribution in [0.2, 0.25) is 0 Å². The lowest BCUT2D eigenvalue weighted by atomic mass is 10.1. The van der Waals surface area contributed by atoms with Gasteiger partial charge in [-0.25, -0.2) is 0 Å². The molecule has 0 bridgehead atoms. The third-order valence-electron chi connectivity index (χ3n) is 4.00. The fourth-order valence-corrected chi connectivity index (χ4v) is 2.33. The Bertz CT molecular complexity index is 647. The molecule has 0 atom stereocenters. The van der Waals surface area contributed by atoms with E-state index in [2.05, 4.69) is 49.5 Å². The quantitative estimate of drug-likeness (QED) is 0.791. The number of ether oxygens (including phenoxy) is 1. The Kier molecular flexibility index (Phi) is 6.21. The molecule has 0 unspecified atom stereocenters. The smallest absolute Gasteiger partial charge is 0.220 e. The van der Waals surface area contributed by atoms with Gasteiger partial charge in [0.2, 0.25) is 5.91 Å². The molecule has 0 aliphatic carbocycles. The highest BCUT2D eigenvalue weighted by Crippen LogP contribution is 2.20. The molecule has 0 saturated heterocycles. The van der Waals surface area contributed by atoms with E-state index in [-0.39, 0.29) is 5.91 Å². The molecule has 2 aromatic carbocycles. The lowest BCUT2D eigenvalue weighted by molar-refractivity contribution is -0.121. The van der Waals surface area contributed by atoms with Crippen LogP contribution < -0.4 is 10.1 Å². The Labute approximate surface area is 138 Å². The maximum Gasteiger partial charge on any atom is 0.220 e. The van der Waals surface area contributed by atoms with Gasteiger partial charge in [-0.15, -0.1) is 0 Å². The van der Waals surface area contributed by atoms with Crippen molar-refractivity contribution in [2.75, 3.05) is 13.2 Å². The average molecular weight is 311 g/mol. The molecule has 0 aliphatic rings. The van der Waals surface area contributed by atoms with Gasteiger partial charge in [-0.1, -0.05) is 42.0 Å². The van der Waals surface area contributed by atoms with Crippen LogP contribution in [0.4, 0.5) is 0 Å². The highest BCUT2D eigenvalue weighted by Gasteiger charge is 2.04. The minimum atomic E-state index is 0.0649. The third-order valence-corrected chi connectivity index (χ3v) is 4.00. The molecule has 0 saturated carbocycles. The first kappa shape index (κ1) is 17.1. The topological polar surface area (TPSA) is 38.3 Å². The second kappa shape index (κ2) is 8.37. The van der Waals surface area contributed by atoms with Crippen molar-refractivity contribution in [1.29, 1.82) is 0 Å².